The van der Waals surface area contributed by atoms with E-state index in [-0.39, 0.29) is 17.9 Å². The van der Waals surface area contributed by atoms with Crippen LogP contribution in [0, 0.1) is 5.41 Å². The van der Waals surface area contributed by atoms with Gasteiger partial charge in [-0.1, -0.05) is 48.5 Å². The van der Waals surface area contributed by atoms with Gasteiger partial charge in [0, 0.05) is 5.92 Å². The van der Waals surface area contributed by atoms with Gasteiger partial charge in [-0.25, -0.2) is 9.59 Å². The molecule has 3 aliphatic rings. The SMILES string of the molecule is O=C(NC1(C(=O)O)CC2(CC2)C1)OCC1c2ccccc2-c2ccccc21. The summed E-state index contributed by atoms with van der Waals surface area (Å²) in [5.41, 5.74) is 3.62. The number of benzene rings is 2. The monoisotopic (exact) mass is 363 g/mol. The van der Waals surface area contributed by atoms with Crippen molar-refractivity contribution in [1.29, 1.82) is 0 Å². The van der Waals surface area contributed by atoms with E-state index in [0.29, 0.717) is 12.8 Å². The van der Waals surface area contributed by atoms with Crippen molar-refractivity contribution in [1.82, 2.24) is 5.32 Å². The van der Waals surface area contributed by atoms with Crippen LogP contribution in [-0.4, -0.2) is 29.3 Å². The van der Waals surface area contributed by atoms with E-state index in [2.05, 4.69) is 29.6 Å². The van der Waals surface area contributed by atoms with Gasteiger partial charge in [-0.3, -0.25) is 0 Å². The topological polar surface area (TPSA) is 75.6 Å². The van der Waals surface area contributed by atoms with Gasteiger partial charge in [0.05, 0.1) is 0 Å². The van der Waals surface area contributed by atoms with Gasteiger partial charge in [0.2, 0.25) is 0 Å². The molecule has 5 heteroatoms. The van der Waals surface area contributed by atoms with Crippen molar-refractivity contribution in [3.05, 3.63) is 59.7 Å². The molecule has 2 saturated carbocycles. The van der Waals surface area contributed by atoms with Crippen LogP contribution in [0.2, 0.25) is 0 Å². The molecule has 138 valence electrons. The van der Waals surface area contributed by atoms with Crippen molar-refractivity contribution in [2.45, 2.75) is 37.1 Å². The van der Waals surface area contributed by atoms with Gasteiger partial charge in [0.15, 0.2) is 0 Å². The molecule has 27 heavy (non-hydrogen) atoms. The molecule has 1 spiro atoms. The van der Waals surface area contributed by atoms with Crippen molar-refractivity contribution in [2.24, 2.45) is 5.41 Å². The molecule has 5 rings (SSSR count). The van der Waals surface area contributed by atoms with Gasteiger partial charge >= 0.3 is 12.1 Å². The molecule has 0 radical (unpaired) electrons. The lowest BCUT2D eigenvalue weighted by Gasteiger charge is -2.45. The number of alkyl carbamates (subject to hydrolysis) is 1. The fraction of sp³-hybridized carbons (Fsp3) is 0.364. The number of rotatable bonds is 4. The highest BCUT2D eigenvalue weighted by atomic mass is 16.5. The predicted octanol–water partition coefficient (Wildman–Crippen LogP) is 3.92. The minimum absolute atomic E-state index is 0.0277. The molecule has 2 fully saturated rings. The minimum atomic E-state index is -1.15. The Morgan fingerprint density at radius 1 is 1.00 bits per heavy atom. The smallest absolute Gasteiger partial charge is 0.408 e. The van der Waals surface area contributed by atoms with Crippen molar-refractivity contribution in [3.63, 3.8) is 0 Å². The summed E-state index contributed by atoms with van der Waals surface area (Å²) in [6, 6.07) is 16.3. The summed E-state index contributed by atoms with van der Waals surface area (Å²) in [6.45, 7) is 0.195. The maximum Gasteiger partial charge on any atom is 0.408 e. The maximum absolute atomic E-state index is 12.4. The second kappa shape index (κ2) is 5.59. The van der Waals surface area contributed by atoms with E-state index in [1.807, 2.05) is 24.3 Å². The number of amides is 1. The number of carbonyl (C=O) groups excluding carboxylic acids is 1. The molecule has 0 saturated heterocycles. The van der Waals surface area contributed by atoms with Crippen LogP contribution in [0.25, 0.3) is 11.1 Å². The van der Waals surface area contributed by atoms with E-state index in [4.69, 9.17) is 4.74 Å². The van der Waals surface area contributed by atoms with E-state index in [1.165, 1.54) is 11.1 Å². The van der Waals surface area contributed by atoms with Crippen LogP contribution in [0.5, 0.6) is 0 Å². The van der Waals surface area contributed by atoms with E-state index < -0.39 is 17.6 Å². The second-order valence-electron chi connectivity index (χ2n) is 8.19. The Balaban J connectivity index is 1.30. The molecule has 3 aliphatic carbocycles. The van der Waals surface area contributed by atoms with Gasteiger partial charge in [0.25, 0.3) is 0 Å². The number of aliphatic carboxylic acids is 1. The van der Waals surface area contributed by atoms with E-state index in [9.17, 15) is 14.7 Å². The highest BCUT2D eigenvalue weighted by Gasteiger charge is 2.65. The zero-order chi connectivity index (χ0) is 18.6. The summed E-state index contributed by atoms with van der Waals surface area (Å²) < 4.78 is 5.50. The molecule has 0 bridgehead atoms. The number of nitrogens with one attached hydrogen (secondary N) is 1. The normalized spacial score (nSPS) is 20.3. The van der Waals surface area contributed by atoms with Crippen LogP contribution < -0.4 is 5.32 Å². The Hall–Kier alpha value is -2.82. The summed E-state index contributed by atoms with van der Waals surface area (Å²) in [7, 11) is 0. The lowest BCUT2D eigenvalue weighted by atomic mass is 9.65. The Bertz CT molecular complexity index is 893. The largest absolute Gasteiger partial charge is 0.480 e. The molecule has 0 aliphatic heterocycles. The third kappa shape index (κ3) is 2.52. The molecule has 2 aromatic rings. The average Bonchev–Trinajstić information content (AvgIpc) is 3.36. The van der Waals surface area contributed by atoms with Crippen molar-refractivity contribution in [3.8, 4) is 11.1 Å². The number of fused-ring (bicyclic) bond motifs is 3. The summed E-state index contributed by atoms with van der Waals surface area (Å²) >= 11 is 0. The average molecular weight is 363 g/mol. The minimum Gasteiger partial charge on any atom is -0.480 e. The first kappa shape index (κ1) is 16.4. The third-order valence-corrected chi connectivity index (χ3v) is 6.41. The number of carboxylic acids is 1. The molecule has 1 amide bonds. The fourth-order valence-corrected chi connectivity index (χ4v) is 4.88. The van der Waals surface area contributed by atoms with Gasteiger partial charge in [0.1, 0.15) is 12.1 Å². The first-order valence-corrected chi connectivity index (χ1v) is 9.39. The molecule has 0 aromatic heterocycles. The van der Waals surface area contributed by atoms with Crippen LogP contribution in [0.15, 0.2) is 48.5 Å². The summed E-state index contributed by atoms with van der Waals surface area (Å²) in [5.74, 6) is -0.992. The van der Waals surface area contributed by atoms with E-state index in [1.54, 1.807) is 0 Å². The molecular weight excluding hydrogens is 342 g/mol. The molecule has 2 N–H and O–H groups in total. The van der Waals surface area contributed by atoms with Crippen LogP contribution in [0.4, 0.5) is 4.79 Å². The molecular formula is C22H21NO4. The van der Waals surface area contributed by atoms with Gasteiger partial charge in [-0.2, -0.15) is 0 Å². The van der Waals surface area contributed by atoms with Crippen molar-refractivity contribution < 1.29 is 19.4 Å². The number of hydrogen-bond acceptors (Lipinski definition) is 3. The van der Waals surface area contributed by atoms with Crippen LogP contribution in [0.3, 0.4) is 0 Å². The van der Waals surface area contributed by atoms with Gasteiger partial charge in [-0.05, 0) is 53.4 Å². The molecule has 2 aromatic carbocycles. The third-order valence-electron chi connectivity index (χ3n) is 6.41. The molecule has 0 heterocycles. The standard InChI is InChI=1S/C22H21NO4/c24-19(25)22(12-21(13-22)9-10-21)23-20(26)27-11-18-16-7-3-1-5-14(16)15-6-2-4-8-17(15)18/h1-8,18H,9-13H2,(H,23,26)(H,24,25). The van der Waals surface area contributed by atoms with Crippen LogP contribution in [-0.2, 0) is 9.53 Å². The predicted molar refractivity (Wildman–Crippen MR) is 99.5 cm³/mol. The first-order chi connectivity index (χ1) is 13.0. The highest BCUT2D eigenvalue weighted by molar-refractivity contribution is 5.86. The molecule has 0 unspecified atom stereocenters. The lowest BCUT2D eigenvalue weighted by molar-refractivity contribution is -0.152. The van der Waals surface area contributed by atoms with Gasteiger partial charge in [-0.15, -0.1) is 0 Å². The van der Waals surface area contributed by atoms with Crippen LogP contribution in [0.1, 0.15) is 42.7 Å². The Morgan fingerprint density at radius 2 is 1.56 bits per heavy atom. The Kier molecular flexibility index (Phi) is 3.39. The summed E-state index contributed by atoms with van der Waals surface area (Å²) in [4.78, 5) is 24.0. The summed E-state index contributed by atoms with van der Waals surface area (Å²) in [5, 5.41) is 12.2. The Labute approximate surface area is 157 Å². The van der Waals surface area contributed by atoms with E-state index >= 15 is 0 Å². The highest BCUT2D eigenvalue weighted by Crippen LogP contribution is 2.64. The number of hydrogen-bond donors (Lipinski definition) is 2. The maximum atomic E-state index is 12.4. The van der Waals surface area contributed by atoms with Crippen molar-refractivity contribution in [2.75, 3.05) is 6.61 Å². The van der Waals surface area contributed by atoms with Crippen LogP contribution >= 0.6 is 0 Å². The van der Waals surface area contributed by atoms with E-state index in [0.717, 1.165) is 24.0 Å². The molecule has 5 nitrogen and oxygen atoms in total. The van der Waals surface area contributed by atoms with Gasteiger partial charge < -0.3 is 15.2 Å². The van der Waals surface area contributed by atoms with Crippen molar-refractivity contribution >= 4 is 12.1 Å². The second-order valence-corrected chi connectivity index (χ2v) is 8.19. The Morgan fingerprint density at radius 3 is 2.07 bits per heavy atom. The number of carboxylic acid groups (broad SMARTS) is 1. The summed E-state index contributed by atoms with van der Waals surface area (Å²) in [6.07, 6.45) is 2.51. The lowest BCUT2D eigenvalue weighted by Crippen LogP contribution is -2.63. The quantitative estimate of drug-likeness (QED) is 0.863. The zero-order valence-electron chi connectivity index (χ0n) is 14.9. The molecule has 0 atom stereocenters. The number of ether oxygens (including phenoxy) is 1. The fourth-order valence-electron chi connectivity index (χ4n) is 4.88. The first-order valence-electron chi connectivity index (χ1n) is 9.39. The number of carbonyl (C=O) groups is 2. The zero-order valence-corrected chi connectivity index (χ0v) is 14.9.